The molecule has 1 atom stereocenters. The SMILES string of the molecule is O[C@H]1CCN(Cc2ccc(Cl)cn2)C1. The van der Waals surface area contributed by atoms with E-state index in [4.69, 9.17) is 11.6 Å². The van der Waals surface area contributed by atoms with E-state index in [1.165, 1.54) is 0 Å². The molecule has 1 N–H and O–H groups in total. The number of nitrogens with zero attached hydrogens (tertiary/aromatic N) is 2. The van der Waals surface area contributed by atoms with Gasteiger partial charge in [-0.15, -0.1) is 0 Å². The lowest BCUT2D eigenvalue weighted by Gasteiger charge is -2.13. The summed E-state index contributed by atoms with van der Waals surface area (Å²) in [5.41, 5.74) is 1.00. The van der Waals surface area contributed by atoms with Crippen molar-refractivity contribution in [2.24, 2.45) is 0 Å². The van der Waals surface area contributed by atoms with Crippen LogP contribution < -0.4 is 0 Å². The number of hydrogen-bond acceptors (Lipinski definition) is 3. The highest BCUT2D eigenvalue weighted by Gasteiger charge is 2.20. The molecule has 0 amide bonds. The number of hydrogen-bond donors (Lipinski definition) is 1. The number of rotatable bonds is 2. The van der Waals surface area contributed by atoms with Crippen molar-refractivity contribution in [1.29, 1.82) is 0 Å². The van der Waals surface area contributed by atoms with Gasteiger partial charge in [0, 0.05) is 25.8 Å². The molecule has 2 rings (SSSR count). The van der Waals surface area contributed by atoms with Crippen molar-refractivity contribution in [3.63, 3.8) is 0 Å². The van der Waals surface area contributed by atoms with Crippen LogP contribution in [0.25, 0.3) is 0 Å². The van der Waals surface area contributed by atoms with Crippen LogP contribution in [0.3, 0.4) is 0 Å². The third-order valence-corrected chi connectivity index (χ3v) is 2.65. The van der Waals surface area contributed by atoms with Crippen LogP contribution >= 0.6 is 11.6 Å². The first-order valence-electron chi connectivity index (χ1n) is 4.75. The summed E-state index contributed by atoms with van der Waals surface area (Å²) in [6, 6.07) is 3.77. The summed E-state index contributed by atoms with van der Waals surface area (Å²) in [4.78, 5) is 6.41. The molecule has 76 valence electrons. The van der Waals surface area contributed by atoms with E-state index in [0.717, 1.165) is 31.7 Å². The first-order chi connectivity index (χ1) is 6.74. The minimum atomic E-state index is -0.165. The quantitative estimate of drug-likeness (QED) is 0.803. The highest BCUT2D eigenvalue weighted by Crippen LogP contribution is 2.13. The smallest absolute Gasteiger partial charge is 0.0679 e. The van der Waals surface area contributed by atoms with Crippen molar-refractivity contribution in [2.75, 3.05) is 13.1 Å². The molecule has 1 fully saturated rings. The Morgan fingerprint density at radius 3 is 3.00 bits per heavy atom. The van der Waals surface area contributed by atoms with Gasteiger partial charge in [-0.2, -0.15) is 0 Å². The normalized spacial score (nSPS) is 22.9. The van der Waals surface area contributed by atoms with Gasteiger partial charge in [0.1, 0.15) is 0 Å². The zero-order chi connectivity index (χ0) is 9.97. The summed E-state index contributed by atoms with van der Waals surface area (Å²) in [6.07, 6.45) is 2.36. The predicted molar refractivity (Wildman–Crippen MR) is 55.1 cm³/mol. The Morgan fingerprint density at radius 1 is 1.57 bits per heavy atom. The van der Waals surface area contributed by atoms with Crippen LogP contribution in [0.2, 0.25) is 5.02 Å². The third-order valence-electron chi connectivity index (χ3n) is 2.42. The van der Waals surface area contributed by atoms with Gasteiger partial charge in [0.05, 0.1) is 16.8 Å². The van der Waals surface area contributed by atoms with E-state index in [0.29, 0.717) is 5.02 Å². The van der Waals surface area contributed by atoms with Crippen LogP contribution in [0.4, 0.5) is 0 Å². The average Bonchev–Trinajstić information content (AvgIpc) is 2.56. The fourth-order valence-corrected chi connectivity index (χ4v) is 1.80. The van der Waals surface area contributed by atoms with Gasteiger partial charge in [0.2, 0.25) is 0 Å². The van der Waals surface area contributed by atoms with Gasteiger partial charge < -0.3 is 5.11 Å². The number of likely N-dealkylation sites (tertiary alicyclic amines) is 1. The molecule has 1 aromatic rings. The summed E-state index contributed by atoms with van der Waals surface area (Å²) in [5, 5.41) is 10.0. The molecule has 0 unspecified atom stereocenters. The highest BCUT2D eigenvalue weighted by molar-refractivity contribution is 6.30. The van der Waals surface area contributed by atoms with Crippen molar-refractivity contribution >= 4 is 11.6 Å². The monoisotopic (exact) mass is 212 g/mol. The fourth-order valence-electron chi connectivity index (χ4n) is 1.68. The van der Waals surface area contributed by atoms with Gasteiger partial charge in [-0.25, -0.2) is 0 Å². The molecular formula is C10H13ClN2O. The Labute approximate surface area is 88.3 Å². The van der Waals surface area contributed by atoms with E-state index in [1.54, 1.807) is 6.20 Å². The Balaban J connectivity index is 1.94. The summed E-state index contributed by atoms with van der Waals surface area (Å²) in [5.74, 6) is 0. The van der Waals surface area contributed by atoms with E-state index in [-0.39, 0.29) is 6.10 Å². The first-order valence-corrected chi connectivity index (χ1v) is 5.13. The van der Waals surface area contributed by atoms with Crippen LogP contribution in [-0.4, -0.2) is 34.2 Å². The summed E-state index contributed by atoms with van der Waals surface area (Å²) in [7, 11) is 0. The zero-order valence-corrected chi connectivity index (χ0v) is 8.61. The maximum Gasteiger partial charge on any atom is 0.0679 e. The average molecular weight is 213 g/mol. The Morgan fingerprint density at radius 2 is 2.43 bits per heavy atom. The van der Waals surface area contributed by atoms with Crippen molar-refractivity contribution < 1.29 is 5.11 Å². The molecule has 0 aliphatic carbocycles. The number of aliphatic hydroxyl groups excluding tert-OH is 1. The van der Waals surface area contributed by atoms with Crippen LogP contribution in [0.1, 0.15) is 12.1 Å². The lowest BCUT2D eigenvalue weighted by atomic mass is 10.3. The van der Waals surface area contributed by atoms with Crippen molar-refractivity contribution in [2.45, 2.75) is 19.1 Å². The van der Waals surface area contributed by atoms with Crippen molar-refractivity contribution in [1.82, 2.24) is 9.88 Å². The predicted octanol–water partition coefficient (Wildman–Crippen LogP) is 1.30. The van der Waals surface area contributed by atoms with Crippen LogP contribution in [-0.2, 0) is 6.54 Å². The molecule has 0 saturated carbocycles. The summed E-state index contributed by atoms with van der Waals surface area (Å²) < 4.78 is 0. The van der Waals surface area contributed by atoms with Crippen molar-refractivity contribution in [3.05, 3.63) is 29.0 Å². The first kappa shape index (κ1) is 9.90. The standard InChI is InChI=1S/C10H13ClN2O/c11-8-1-2-9(12-5-8)6-13-4-3-10(14)7-13/h1-2,5,10,14H,3-4,6-7H2/t10-/m0/s1. The van der Waals surface area contributed by atoms with E-state index in [9.17, 15) is 5.11 Å². The number of halogens is 1. The molecule has 1 aliphatic rings. The zero-order valence-electron chi connectivity index (χ0n) is 7.86. The maximum absolute atomic E-state index is 9.34. The lowest BCUT2D eigenvalue weighted by molar-refractivity contribution is 0.174. The van der Waals surface area contributed by atoms with Gasteiger partial charge in [-0.1, -0.05) is 11.6 Å². The van der Waals surface area contributed by atoms with Crippen LogP contribution in [0.5, 0.6) is 0 Å². The van der Waals surface area contributed by atoms with E-state index in [2.05, 4.69) is 9.88 Å². The number of β-amino-alcohol motifs (C(OH)–C–C–N with tert-alkyl or cyclic N) is 1. The molecule has 0 aromatic carbocycles. The second kappa shape index (κ2) is 4.26. The molecule has 2 heterocycles. The Bertz CT molecular complexity index is 301. The lowest BCUT2D eigenvalue weighted by Crippen LogP contribution is -2.21. The van der Waals surface area contributed by atoms with Crippen LogP contribution in [0, 0.1) is 0 Å². The molecule has 1 aliphatic heterocycles. The van der Waals surface area contributed by atoms with E-state index >= 15 is 0 Å². The second-order valence-electron chi connectivity index (χ2n) is 3.65. The Kier molecular flexibility index (Phi) is 3.01. The molecule has 1 saturated heterocycles. The number of aromatic nitrogens is 1. The van der Waals surface area contributed by atoms with E-state index < -0.39 is 0 Å². The topological polar surface area (TPSA) is 36.4 Å². The molecule has 0 bridgehead atoms. The van der Waals surface area contributed by atoms with Gasteiger partial charge >= 0.3 is 0 Å². The molecule has 0 radical (unpaired) electrons. The van der Waals surface area contributed by atoms with Crippen molar-refractivity contribution in [3.8, 4) is 0 Å². The van der Waals surface area contributed by atoms with E-state index in [1.807, 2.05) is 12.1 Å². The number of pyridine rings is 1. The second-order valence-corrected chi connectivity index (χ2v) is 4.08. The molecular weight excluding hydrogens is 200 g/mol. The van der Waals surface area contributed by atoms with Crippen LogP contribution in [0.15, 0.2) is 18.3 Å². The van der Waals surface area contributed by atoms with Gasteiger partial charge in [-0.3, -0.25) is 9.88 Å². The Hall–Kier alpha value is -0.640. The molecule has 1 aromatic heterocycles. The maximum atomic E-state index is 9.34. The molecule has 14 heavy (non-hydrogen) atoms. The van der Waals surface area contributed by atoms with Gasteiger partial charge in [-0.05, 0) is 18.6 Å². The summed E-state index contributed by atoms with van der Waals surface area (Å²) >= 11 is 5.74. The largest absolute Gasteiger partial charge is 0.392 e. The molecule has 3 nitrogen and oxygen atoms in total. The minimum Gasteiger partial charge on any atom is -0.392 e. The number of aliphatic hydroxyl groups is 1. The minimum absolute atomic E-state index is 0.165. The third kappa shape index (κ3) is 2.44. The van der Waals surface area contributed by atoms with Gasteiger partial charge in [0.25, 0.3) is 0 Å². The molecule has 0 spiro atoms. The molecule has 4 heteroatoms. The van der Waals surface area contributed by atoms with Gasteiger partial charge in [0.15, 0.2) is 0 Å². The fraction of sp³-hybridized carbons (Fsp3) is 0.500. The highest BCUT2D eigenvalue weighted by atomic mass is 35.5. The summed E-state index contributed by atoms with van der Waals surface area (Å²) in [6.45, 7) is 2.50.